The number of carbonyl (C=O) groups is 2. The topological polar surface area (TPSA) is 108 Å². The maximum absolute atomic E-state index is 12.8. The normalized spacial score (nSPS) is 26.0. The summed E-state index contributed by atoms with van der Waals surface area (Å²) in [5.41, 5.74) is 3.88. The van der Waals surface area contributed by atoms with Crippen molar-refractivity contribution in [2.75, 3.05) is 26.8 Å². The van der Waals surface area contributed by atoms with Crippen molar-refractivity contribution in [3.63, 3.8) is 0 Å². The molecule has 1 aromatic heterocycles. The number of carbonyl (C=O) groups excluding carboxylic acids is 1. The molecule has 3 heterocycles. The number of carboxylic acid groups (broad SMARTS) is 1. The van der Waals surface area contributed by atoms with Crippen LogP contribution in [0.1, 0.15) is 35.3 Å². The molecule has 154 valence electrons. The van der Waals surface area contributed by atoms with Crippen molar-refractivity contribution in [1.82, 2.24) is 20.4 Å². The average Bonchev–Trinajstić information content (AvgIpc) is 3.42. The van der Waals surface area contributed by atoms with Crippen molar-refractivity contribution >= 4 is 28.9 Å². The molecule has 0 radical (unpaired) electrons. The Bertz CT molecular complexity index is 936. The molecule has 2 aromatic rings. The lowest BCUT2D eigenvalue weighted by molar-refractivity contribution is -0.122. The van der Waals surface area contributed by atoms with Gasteiger partial charge in [-0.3, -0.25) is 14.7 Å². The summed E-state index contributed by atoms with van der Waals surface area (Å²) < 4.78 is 5.38. The molecule has 1 saturated carbocycles. The van der Waals surface area contributed by atoms with E-state index in [0.29, 0.717) is 24.3 Å². The third-order valence-corrected chi connectivity index (χ3v) is 6.24. The molecule has 0 spiro atoms. The standard InChI is InChI=1S/C20H24N4O2.CH2O2/c1-24-11-14-8-15(24)10-17(14)21-20(25)19-16-3-2-13(9-18(16)22-23-19)12-4-6-26-7-5-12;2-1-3/h2-4,9,14-15,17H,5-8,10-11H2,1H3,(H,21,25)(H,22,23);1H,(H,2,3). The molecule has 1 amide bonds. The van der Waals surface area contributed by atoms with Crippen LogP contribution in [-0.4, -0.2) is 71.5 Å². The van der Waals surface area contributed by atoms with Gasteiger partial charge in [-0.1, -0.05) is 12.1 Å². The van der Waals surface area contributed by atoms with Crippen molar-refractivity contribution in [1.29, 1.82) is 0 Å². The Hall–Kier alpha value is -2.71. The lowest BCUT2D eigenvalue weighted by atomic mass is 9.99. The van der Waals surface area contributed by atoms with E-state index in [9.17, 15) is 4.79 Å². The zero-order valence-corrected chi connectivity index (χ0v) is 16.4. The van der Waals surface area contributed by atoms with Gasteiger partial charge in [0.1, 0.15) is 0 Å². The second kappa shape index (κ2) is 8.34. The van der Waals surface area contributed by atoms with Crippen LogP contribution in [0.25, 0.3) is 16.5 Å². The third-order valence-electron chi connectivity index (χ3n) is 6.24. The molecule has 3 aliphatic rings. The number of aromatic nitrogens is 2. The summed E-state index contributed by atoms with van der Waals surface area (Å²) in [7, 11) is 2.18. The minimum Gasteiger partial charge on any atom is -0.483 e. The fourth-order valence-corrected chi connectivity index (χ4v) is 4.77. The molecular weight excluding hydrogens is 372 g/mol. The molecule has 1 saturated heterocycles. The SMILES string of the molecule is CN1CC2CC1CC2NC(=O)c1n[nH]c2cc(C3=CCOCC3)ccc12.O=CO. The first-order valence-corrected chi connectivity index (χ1v) is 9.95. The van der Waals surface area contributed by atoms with Crippen LogP contribution in [0.15, 0.2) is 24.3 Å². The largest absolute Gasteiger partial charge is 0.483 e. The molecule has 8 heteroatoms. The van der Waals surface area contributed by atoms with Gasteiger partial charge in [-0.15, -0.1) is 0 Å². The number of H-pyrrole nitrogens is 1. The van der Waals surface area contributed by atoms with Crippen LogP contribution in [0, 0.1) is 5.92 Å². The van der Waals surface area contributed by atoms with E-state index in [1.54, 1.807) is 0 Å². The maximum Gasteiger partial charge on any atom is 0.290 e. The molecule has 3 N–H and O–H groups in total. The zero-order chi connectivity index (χ0) is 20.4. The van der Waals surface area contributed by atoms with Gasteiger partial charge in [0.25, 0.3) is 12.4 Å². The Morgan fingerprint density at radius 2 is 2.24 bits per heavy atom. The molecule has 5 rings (SSSR count). The Labute approximate surface area is 168 Å². The van der Waals surface area contributed by atoms with Gasteiger partial charge in [-0.05, 0) is 55.5 Å². The van der Waals surface area contributed by atoms with Crippen LogP contribution in [0.5, 0.6) is 0 Å². The molecule has 1 aliphatic carbocycles. The van der Waals surface area contributed by atoms with Crippen LogP contribution in [0.2, 0.25) is 0 Å². The van der Waals surface area contributed by atoms with E-state index in [1.807, 2.05) is 6.07 Å². The highest BCUT2D eigenvalue weighted by Crippen LogP contribution is 2.37. The Kier molecular flexibility index (Phi) is 5.64. The van der Waals surface area contributed by atoms with E-state index in [0.717, 1.165) is 36.9 Å². The van der Waals surface area contributed by atoms with Crippen molar-refractivity contribution in [2.24, 2.45) is 5.92 Å². The van der Waals surface area contributed by atoms with Crippen molar-refractivity contribution in [2.45, 2.75) is 31.3 Å². The summed E-state index contributed by atoms with van der Waals surface area (Å²) in [5, 5.41) is 18.4. The number of nitrogens with one attached hydrogen (secondary N) is 2. The number of hydrogen-bond acceptors (Lipinski definition) is 5. The fourth-order valence-electron chi connectivity index (χ4n) is 4.77. The summed E-state index contributed by atoms with van der Waals surface area (Å²) >= 11 is 0. The Morgan fingerprint density at radius 3 is 2.90 bits per heavy atom. The number of benzene rings is 1. The summed E-state index contributed by atoms with van der Waals surface area (Å²) in [6.07, 6.45) is 5.30. The highest BCUT2D eigenvalue weighted by Gasteiger charge is 2.43. The molecular formula is C21H26N4O4. The van der Waals surface area contributed by atoms with Gasteiger partial charge in [0.05, 0.1) is 18.7 Å². The van der Waals surface area contributed by atoms with Crippen molar-refractivity contribution < 1.29 is 19.4 Å². The van der Waals surface area contributed by atoms with E-state index < -0.39 is 0 Å². The van der Waals surface area contributed by atoms with Crippen LogP contribution in [0.3, 0.4) is 0 Å². The predicted molar refractivity (Wildman–Crippen MR) is 109 cm³/mol. The number of piperidine rings is 1. The molecule has 1 aromatic carbocycles. The second-order valence-electron chi connectivity index (χ2n) is 7.90. The number of ether oxygens (including phenoxy) is 1. The molecule has 2 aliphatic heterocycles. The monoisotopic (exact) mass is 398 g/mol. The summed E-state index contributed by atoms with van der Waals surface area (Å²) in [6.45, 7) is 2.26. The smallest absolute Gasteiger partial charge is 0.290 e. The molecule has 3 atom stereocenters. The molecule has 2 bridgehead atoms. The number of fused-ring (bicyclic) bond motifs is 3. The highest BCUT2D eigenvalue weighted by molar-refractivity contribution is 6.05. The lowest BCUT2D eigenvalue weighted by Gasteiger charge is -2.28. The van der Waals surface area contributed by atoms with E-state index in [1.165, 1.54) is 17.6 Å². The van der Waals surface area contributed by atoms with Crippen LogP contribution in [-0.2, 0) is 9.53 Å². The number of nitrogens with zero attached hydrogens (tertiary/aromatic N) is 2. The summed E-state index contributed by atoms with van der Waals surface area (Å²) in [4.78, 5) is 23.6. The quantitative estimate of drug-likeness (QED) is 0.682. The van der Waals surface area contributed by atoms with Gasteiger partial charge < -0.3 is 20.1 Å². The van der Waals surface area contributed by atoms with Crippen molar-refractivity contribution in [3.05, 3.63) is 35.5 Å². The zero-order valence-electron chi connectivity index (χ0n) is 16.4. The van der Waals surface area contributed by atoms with Gasteiger partial charge in [-0.2, -0.15) is 5.10 Å². The number of aromatic amines is 1. The van der Waals surface area contributed by atoms with Gasteiger partial charge in [0.2, 0.25) is 0 Å². The maximum atomic E-state index is 12.8. The first kappa shape index (κ1) is 19.6. The predicted octanol–water partition coefficient (Wildman–Crippen LogP) is 1.89. The van der Waals surface area contributed by atoms with Gasteiger partial charge >= 0.3 is 0 Å². The minimum absolute atomic E-state index is 0.0607. The van der Waals surface area contributed by atoms with Gasteiger partial charge in [0.15, 0.2) is 5.69 Å². The van der Waals surface area contributed by atoms with E-state index in [2.05, 4.69) is 45.7 Å². The van der Waals surface area contributed by atoms with Gasteiger partial charge in [-0.25, -0.2) is 0 Å². The summed E-state index contributed by atoms with van der Waals surface area (Å²) in [5.74, 6) is 0.515. The first-order chi connectivity index (χ1) is 14.1. The van der Waals surface area contributed by atoms with E-state index in [4.69, 9.17) is 14.6 Å². The van der Waals surface area contributed by atoms with Gasteiger partial charge in [0, 0.05) is 24.0 Å². The molecule has 2 fully saturated rings. The molecule has 29 heavy (non-hydrogen) atoms. The molecule has 8 nitrogen and oxygen atoms in total. The van der Waals surface area contributed by atoms with Crippen LogP contribution >= 0.6 is 0 Å². The number of hydrogen-bond donors (Lipinski definition) is 3. The van der Waals surface area contributed by atoms with Crippen LogP contribution in [0.4, 0.5) is 0 Å². The van der Waals surface area contributed by atoms with E-state index in [-0.39, 0.29) is 18.4 Å². The third kappa shape index (κ3) is 3.90. The number of rotatable bonds is 3. The Balaban J connectivity index is 0.000000645. The number of amides is 1. The number of likely N-dealkylation sites (tertiary alicyclic amines) is 1. The molecule has 3 unspecified atom stereocenters. The highest BCUT2D eigenvalue weighted by atomic mass is 16.5. The average molecular weight is 398 g/mol. The van der Waals surface area contributed by atoms with Crippen molar-refractivity contribution in [3.8, 4) is 0 Å². The minimum atomic E-state index is -0.250. The Morgan fingerprint density at radius 1 is 1.41 bits per heavy atom. The lowest BCUT2D eigenvalue weighted by Crippen LogP contribution is -2.44. The first-order valence-electron chi connectivity index (χ1n) is 9.95. The summed E-state index contributed by atoms with van der Waals surface area (Å²) in [6, 6.07) is 7.08. The van der Waals surface area contributed by atoms with Crippen LogP contribution < -0.4 is 5.32 Å². The fraction of sp³-hybridized carbons (Fsp3) is 0.476. The second-order valence-corrected chi connectivity index (χ2v) is 7.90. The van der Waals surface area contributed by atoms with E-state index >= 15 is 0 Å².